The number of hydrogen-bond donors (Lipinski definition) is 4. The summed E-state index contributed by atoms with van der Waals surface area (Å²) in [6.45, 7) is 5.88. The Labute approximate surface area is 188 Å². The van der Waals surface area contributed by atoms with Crippen molar-refractivity contribution in [1.29, 1.82) is 0 Å². The fourth-order valence-corrected chi connectivity index (χ4v) is 3.85. The van der Waals surface area contributed by atoms with Crippen LogP contribution in [0.2, 0.25) is 0 Å². The minimum absolute atomic E-state index is 0.126. The Morgan fingerprint density at radius 3 is 2.38 bits per heavy atom. The SMILES string of the molecule is CC(C)CC(N)C(=O)N1CCCC1C(=O)NC(C)C(=O)NC(Cc1ccccc1)C(=O)O. The number of nitrogens with one attached hydrogen (secondary N) is 2. The molecule has 0 saturated carbocycles. The minimum atomic E-state index is -1.16. The minimum Gasteiger partial charge on any atom is -0.480 e. The standard InChI is InChI=1S/C23H34N4O5/c1-14(2)12-17(24)22(30)27-11-7-10-19(27)21(29)25-15(3)20(28)26-18(23(31)32)13-16-8-5-4-6-9-16/h4-6,8-9,14-15,17-19H,7,10-13,24H2,1-3H3,(H,25,29)(H,26,28)(H,31,32). The second-order valence-electron chi connectivity index (χ2n) is 8.75. The highest BCUT2D eigenvalue weighted by atomic mass is 16.4. The van der Waals surface area contributed by atoms with Crippen LogP contribution in [0.1, 0.15) is 45.6 Å². The fraction of sp³-hybridized carbons (Fsp3) is 0.565. The fourth-order valence-electron chi connectivity index (χ4n) is 3.85. The van der Waals surface area contributed by atoms with E-state index in [0.29, 0.717) is 25.8 Å². The molecule has 0 aromatic heterocycles. The molecule has 4 unspecified atom stereocenters. The maximum Gasteiger partial charge on any atom is 0.326 e. The van der Waals surface area contributed by atoms with Crippen LogP contribution in [0.4, 0.5) is 0 Å². The molecule has 5 N–H and O–H groups in total. The number of likely N-dealkylation sites (tertiary alicyclic amines) is 1. The number of nitrogens with two attached hydrogens (primary N) is 1. The average Bonchev–Trinajstić information content (AvgIpc) is 3.22. The van der Waals surface area contributed by atoms with Crippen molar-refractivity contribution in [3.63, 3.8) is 0 Å². The second kappa shape index (κ2) is 11.6. The molecule has 176 valence electrons. The lowest BCUT2D eigenvalue weighted by Gasteiger charge is -2.28. The van der Waals surface area contributed by atoms with Crippen LogP contribution in [-0.2, 0) is 25.6 Å². The Hall–Kier alpha value is -2.94. The number of carboxylic acids is 1. The summed E-state index contributed by atoms with van der Waals surface area (Å²) in [5.41, 5.74) is 6.79. The quantitative estimate of drug-likeness (QED) is 0.416. The maximum absolute atomic E-state index is 12.8. The maximum atomic E-state index is 12.8. The van der Waals surface area contributed by atoms with Crippen molar-refractivity contribution in [2.75, 3.05) is 6.54 Å². The van der Waals surface area contributed by atoms with E-state index in [-0.39, 0.29) is 18.2 Å². The molecule has 1 aliphatic heterocycles. The predicted molar refractivity (Wildman–Crippen MR) is 119 cm³/mol. The molecule has 1 aromatic carbocycles. The molecule has 0 bridgehead atoms. The third-order valence-corrected chi connectivity index (χ3v) is 5.53. The first-order chi connectivity index (χ1) is 15.1. The van der Waals surface area contributed by atoms with Crippen molar-refractivity contribution in [3.05, 3.63) is 35.9 Å². The molecule has 9 heteroatoms. The molecular formula is C23H34N4O5. The molecule has 1 fully saturated rings. The van der Waals surface area contributed by atoms with Gasteiger partial charge < -0.3 is 26.4 Å². The van der Waals surface area contributed by atoms with Crippen LogP contribution < -0.4 is 16.4 Å². The molecule has 3 amide bonds. The lowest BCUT2D eigenvalue weighted by molar-refractivity contribution is -0.143. The largest absolute Gasteiger partial charge is 0.480 e. The van der Waals surface area contributed by atoms with E-state index in [0.717, 1.165) is 5.56 Å². The molecule has 0 radical (unpaired) electrons. The first kappa shape index (κ1) is 25.3. The van der Waals surface area contributed by atoms with Gasteiger partial charge in [0.1, 0.15) is 18.1 Å². The van der Waals surface area contributed by atoms with Crippen LogP contribution in [0.3, 0.4) is 0 Å². The predicted octanol–water partition coefficient (Wildman–Crippen LogP) is 0.668. The summed E-state index contributed by atoms with van der Waals surface area (Å²) in [5, 5.41) is 14.6. The Morgan fingerprint density at radius 1 is 1.12 bits per heavy atom. The van der Waals surface area contributed by atoms with Crippen LogP contribution in [0.5, 0.6) is 0 Å². The van der Waals surface area contributed by atoms with Gasteiger partial charge in [0.25, 0.3) is 0 Å². The van der Waals surface area contributed by atoms with E-state index in [1.165, 1.54) is 11.8 Å². The third-order valence-electron chi connectivity index (χ3n) is 5.53. The highest BCUT2D eigenvalue weighted by Gasteiger charge is 2.37. The van der Waals surface area contributed by atoms with Gasteiger partial charge in [-0.3, -0.25) is 14.4 Å². The van der Waals surface area contributed by atoms with Gasteiger partial charge in [0.2, 0.25) is 17.7 Å². The molecule has 1 aromatic rings. The number of carbonyl (C=O) groups excluding carboxylic acids is 3. The van der Waals surface area contributed by atoms with Crippen molar-refractivity contribution in [3.8, 4) is 0 Å². The molecule has 0 aliphatic carbocycles. The molecule has 0 spiro atoms. The molecule has 9 nitrogen and oxygen atoms in total. The summed E-state index contributed by atoms with van der Waals surface area (Å²) in [6, 6.07) is 5.54. The normalized spacial score (nSPS) is 18.7. The number of nitrogens with zero attached hydrogens (tertiary/aromatic N) is 1. The summed E-state index contributed by atoms with van der Waals surface area (Å²) in [6.07, 6.45) is 1.82. The van der Waals surface area contributed by atoms with Crippen molar-refractivity contribution >= 4 is 23.7 Å². The van der Waals surface area contributed by atoms with Gasteiger partial charge in [-0.15, -0.1) is 0 Å². The number of benzene rings is 1. The molecule has 4 atom stereocenters. The van der Waals surface area contributed by atoms with E-state index in [1.807, 2.05) is 19.9 Å². The highest BCUT2D eigenvalue weighted by molar-refractivity contribution is 5.94. The number of carbonyl (C=O) groups is 4. The van der Waals surface area contributed by atoms with Crippen molar-refractivity contribution < 1.29 is 24.3 Å². The summed E-state index contributed by atoms with van der Waals surface area (Å²) in [5.74, 6) is -2.21. The first-order valence-electron chi connectivity index (χ1n) is 11.0. The third kappa shape index (κ3) is 7.05. The number of rotatable bonds is 10. The van der Waals surface area contributed by atoms with Crippen molar-refractivity contribution in [2.45, 2.75) is 70.6 Å². The smallest absolute Gasteiger partial charge is 0.326 e. The van der Waals surface area contributed by atoms with Gasteiger partial charge in [-0.1, -0.05) is 44.2 Å². The van der Waals surface area contributed by atoms with Gasteiger partial charge >= 0.3 is 5.97 Å². The van der Waals surface area contributed by atoms with Gasteiger partial charge in [-0.2, -0.15) is 0 Å². The summed E-state index contributed by atoms with van der Waals surface area (Å²) >= 11 is 0. The van der Waals surface area contributed by atoms with E-state index in [2.05, 4.69) is 10.6 Å². The summed E-state index contributed by atoms with van der Waals surface area (Å²) in [4.78, 5) is 51.1. The lowest BCUT2D eigenvalue weighted by atomic mass is 10.0. The number of aliphatic carboxylic acids is 1. The van der Waals surface area contributed by atoms with Crippen LogP contribution in [0, 0.1) is 5.92 Å². The summed E-state index contributed by atoms with van der Waals surface area (Å²) in [7, 11) is 0. The van der Waals surface area contributed by atoms with Gasteiger partial charge in [0.15, 0.2) is 0 Å². The zero-order valence-electron chi connectivity index (χ0n) is 18.9. The topological polar surface area (TPSA) is 142 Å². The lowest BCUT2D eigenvalue weighted by Crippen LogP contribution is -2.56. The van der Waals surface area contributed by atoms with Crippen molar-refractivity contribution in [2.24, 2.45) is 11.7 Å². The second-order valence-corrected chi connectivity index (χ2v) is 8.75. The highest BCUT2D eigenvalue weighted by Crippen LogP contribution is 2.20. The molecule has 1 heterocycles. The van der Waals surface area contributed by atoms with E-state index in [4.69, 9.17) is 5.73 Å². The molecule has 1 aliphatic rings. The van der Waals surface area contributed by atoms with Crippen LogP contribution >= 0.6 is 0 Å². The Bertz CT molecular complexity index is 814. The van der Waals surface area contributed by atoms with Gasteiger partial charge in [0.05, 0.1) is 6.04 Å². The Balaban J connectivity index is 1.95. The Morgan fingerprint density at radius 2 is 1.78 bits per heavy atom. The number of hydrogen-bond acceptors (Lipinski definition) is 5. The van der Waals surface area contributed by atoms with Gasteiger partial charge in [0, 0.05) is 13.0 Å². The van der Waals surface area contributed by atoms with Gasteiger partial charge in [-0.05, 0) is 37.7 Å². The zero-order chi connectivity index (χ0) is 23.8. The molecular weight excluding hydrogens is 412 g/mol. The zero-order valence-corrected chi connectivity index (χ0v) is 18.9. The Kier molecular flexibility index (Phi) is 9.19. The van der Waals surface area contributed by atoms with E-state index in [9.17, 15) is 24.3 Å². The summed E-state index contributed by atoms with van der Waals surface area (Å²) < 4.78 is 0. The van der Waals surface area contributed by atoms with Crippen molar-refractivity contribution in [1.82, 2.24) is 15.5 Å². The first-order valence-corrected chi connectivity index (χ1v) is 11.0. The van der Waals surface area contributed by atoms with E-state index < -0.39 is 42.0 Å². The monoisotopic (exact) mass is 446 g/mol. The molecule has 1 saturated heterocycles. The van der Waals surface area contributed by atoms with Gasteiger partial charge in [-0.25, -0.2) is 4.79 Å². The number of carboxylic acid groups (broad SMARTS) is 1. The van der Waals surface area contributed by atoms with Crippen LogP contribution in [0.25, 0.3) is 0 Å². The molecule has 32 heavy (non-hydrogen) atoms. The van der Waals surface area contributed by atoms with Crippen LogP contribution in [0.15, 0.2) is 30.3 Å². The van der Waals surface area contributed by atoms with Crippen LogP contribution in [-0.4, -0.2) is 64.4 Å². The number of amides is 3. The van der Waals surface area contributed by atoms with E-state index >= 15 is 0 Å². The average molecular weight is 447 g/mol. The molecule has 2 rings (SSSR count). The van der Waals surface area contributed by atoms with E-state index in [1.54, 1.807) is 24.3 Å².